The van der Waals surface area contributed by atoms with Crippen LogP contribution in [0.5, 0.6) is 0 Å². The predicted octanol–water partition coefficient (Wildman–Crippen LogP) is 3.42. The van der Waals surface area contributed by atoms with Crippen LogP contribution in [0, 0.1) is 23.0 Å². The maximum Gasteiger partial charge on any atom is 0.267 e. The van der Waals surface area contributed by atoms with Gasteiger partial charge in [0.2, 0.25) is 0 Å². The first-order chi connectivity index (χ1) is 10.6. The van der Waals surface area contributed by atoms with E-state index in [-0.39, 0.29) is 5.57 Å². The first-order valence-electron chi connectivity index (χ1n) is 6.28. The predicted molar refractivity (Wildman–Crippen MR) is 78.7 cm³/mol. The molecule has 2 aromatic rings. The minimum absolute atomic E-state index is 0.200. The fourth-order valence-electron chi connectivity index (χ4n) is 1.61. The zero-order chi connectivity index (χ0) is 15.9. The number of halogens is 2. The van der Waals surface area contributed by atoms with Crippen molar-refractivity contribution >= 4 is 17.3 Å². The number of hydrogen-bond acceptors (Lipinski definition) is 3. The van der Waals surface area contributed by atoms with Crippen LogP contribution in [0.2, 0.25) is 0 Å². The maximum atomic E-state index is 13.0. The highest BCUT2D eigenvalue weighted by Crippen LogP contribution is 2.12. The van der Waals surface area contributed by atoms with E-state index < -0.39 is 17.5 Å². The van der Waals surface area contributed by atoms with Crippen molar-refractivity contribution in [3.05, 3.63) is 71.9 Å². The Morgan fingerprint density at radius 2 is 1.77 bits per heavy atom. The number of nitrogens with one attached hydrogen (secondary N) is 2. The molecule has 110 valence electrons. The van der Waals surface area contributed by atoms with Gasteiger partial charge in [-0.2, -0.15) is 5.26 Å². The smallest absolute Gasteiger partial charge is 0.267 e. The molecular weight excluding hydrogens is 288 g/mol. The molecule has 1 amide bonds. The van der Waals surface area contributed by atoms with Gasteiger partial charge in [-0.1, -0.05) is 6.07 Å². The van der Waals surface area contributed by atoms with Gasteiger partial charge in [-0.3, -0.25) is 4.79 Å². The summed E-state index contributed by atoms with van der Waals surface area (Å²) in [5.74, 6) is -1.52. The van der Waals surface area contributed by atoms with Gasteiger partial charge in [0.25, 0.3) is 5.91 Å². The fraction of sp³-hybridized carbons (Fsp3) is 0. The summed E-state index contributed by atoms with van der Waals surface area (Å²) in [4.78, 5) is 11.9. The maximum absolute atomic E-state index is 13.0. The van der Waals surface area contributed by atoms with E-state index in [4.69, 9.17) is 5.26 Å². The number of rotatable bonds is 4. The molecule has 0 spiro atoms. The van der Waals surface area contributed by atoms with E-state index in [1.807, 2.05) is 0 Å². The van der Waals surface area contributed by atoms with E-state index in [2.05, 4.69) is 10.6 Å². The molecule has 0 aromatic heterocycles. The number of amides is 1. The summed E-state index contributed by atoms with van der Waals surface area (Å²) in [6.07, 6.45) is 1.17. The van der Waals surface area contributed by atoms with E-state index in [1.54, 1.807) is 12.1 Å². The summed E-state index contributed by atoms with van der Waals surface area (Å²) < 4.78 is 25.8. The molecule has 0 unspecified atom stereocenters. The summed E-state index contributed by atoms with van der Waals surface area (Å²) in [6.45, 7) is 0. The zero-order valence-electron chi connectivity index (χ0n) is 11.3. The van der Waals surface area contributed by atoms with Crippen molar-refractivity contribution in [3.8, 4) is 6.07 Å². The Bertz CT molecular complexity index is 749. The lowest BCUT2D eigenvalue weighted by Gasteiger charge is -2.05. The minimum atomic E-state index is -0.655. The van der Waals surface area contributed by atoms with Crippen molar-refractivity contribution in [2.24, 2.45) is 0 Å². The number of nitriles is 1. The number of anilines is 2. The van der Waals surface area contributed by atoms with Gasteiger partial charge in [0.1, 0.15) is 23.3 Å². The van der Waals surface area contributed by atoms with Crippen LogP contribution in [0.3, 0.4) is 0 Å². The average Bonchev–Trinajstić information content (AvgIpc) is 2.50. The summed E-state index contributed by atoms with van der Waals surface area (Å²) in [5, 5.41) is 14.1. The van der Waals surface area contributed by atoms with Gasteiger partial charge >= 0.3 is 0 Å². The van der Waals surface area contributed by atoms with Gasteiger partial charge in [-0.25, -0.2) is 8.78 Å². The third-order valence-corrected chi connectivity index (χ3v) is 2.67. The Morgan fingerprint density at radius 1 is 1.05 bits per heavy atom. The Balaban J connectivity index is 2.07. The summed E-state index contributed by atoms with van der Waals surface area (Å²) in [5.41, 5.74) is 0.564. The molecule has 0 bridgehead atoms. The van der Waals surface area contributed by atoms with Crippen molar-refractivity contribution in [2.45, 2.75) is 0 Å². The van der Waals surface area contributed by atoms with Gasteiger partial charge in [0.05, 0.1) is 0 Å². The van der Waals surface area contributed by atoms with Gasteiger partial charge in [-0.15, -0.1) is 0 Å². The van der Waals surface area contributed by atoms with Gasteiger partial charge in [0, 0.05) is 17.6 Å². The number of carbonyl (C=O) groups excluding carboxylic acids is 1. The first kappa shape index (κ1) is 15.2. The second-order valence-corrected chi connectivity index (χ2v) is 4.29. The molecule has 0 saturated carbocycles. The van der Waals surface area contributed by atoms with E-state index in [9.17, 15) is 13.6 Å². The standard InChI is InChI=1S/C16H11F2N3O/c17-12-4-6-14(7-5-12)21-16(22)11(9-19)10-20-15-3-1-2-13(18)8-15/h1-8,10,20H,(H,21,22)/b11-10-. The summed E-state index contributed by atoms with van der Waals surface area (Å²) in [6, 6.07) is 12.5. The van der Waals surface area contributed by atoms with E-state index in [0.29, 0.717) is 11.4 Å². The molecule has 2 rings (SSSR count). The highest BCUT2D eigenvalue weighted by atomic mass is 19.1. The molecule has 6 heteroatoms. The average molecular weight is 299 g/mol. The number of hydrogen-bond donors (Lipinski definition) is 2. The molecule has 0 fully saturated rings. The first-order valence-corrected chi connectivity index (χ1v) is 6.28. The van der Waals surface area contributed by atoms with Crippen LogP contribution in [-0.2, 0) is 4.79 Å². The van der Waals surface area contributed by atoms with Gasteiger partial charge in [0.15, 0.2) is 0 Å². The molecule has 0 atom stereocenters. The molecular formula is C16H11F2N3O. The van der Waals surface area contributed by atoms with Crippen LogP contribution in [0.15, 0.2) is 60.3 Å². The SMILES string of the molecule is N#C/C(=C/Nc1cccc(F)c1)C(=O)Nc1ccc(F)cc1. The molecule has 2 aromatic carbocycles. The largest absolute Gasteiger partial charge is 0.360 e. The topological polar surface area (TPSA) is 64.9 Å². The fourth-order valence-corrected chi connectivity index (χ4v) is 1.61. The zero-order valence-corrected chi connectivity index (χ0v) is 11.3. The van der Waals surface area contributed by atoms with Crippen LogP contribution < -0.4 is 10.6 Å². The Labute approximate surface area is 125 Å². The van der Waals surface area contributed by atoms with Crippen molar-refractivity contribution in [3.63, 3.8) is 0 Å². The molecule has 0 radical (unpaired) electrons. The Morgan fingerprint density at radius 3 is 2.41 bits per heavy atom. The minimum Gasteiger partial charge on any atom is -0.360 e. The second kappa shape index (κ2) is 6.99. The molecule has 0 heterocycles. The molecule has 4 nitrogen and oxygen atoms in total. The summed E-state index contributed by atoms with van der Waals surface area (Å²) in [7, 11) is 0. The van der Waals surface area contributed by atoms with Crippen LogP contribution in [0.1, 0.15) is 0 Å². The van der Waals surface area contributed by atoms with E-state index >= 15 is 0 Å². The molecule has 0 aliphatic heterocycles. The van der Waals surface area contributed by atoms with Gasteiger partial charge in [-0.05, 0) is 42.5 Å². The Hall–Kier alpha value is -3.20. The van der Waals surface area contributed by atoms with Crippen molar-refractivity contribution < 1.29 is 13.6 Å². The molecule has 0 saturated heterocycles. The van der Waals surface area contributed by atoms with Crippen LogP contribution in [0.25, 0.3) is 0 Å². The highest BCUT2D eigenvalue weighted by Gasteiger charge is 2.09. The van der Waals surface area contributed by atoms with Crippen molar-refractivity contribution in [1.82, 2.24) is 0 Å². The van der Waals surface area contributed by atoms with Crippen LogP contribution >= 0.6 is 0 Å². The highest BCUT2D eigenvalue weighted by molar-refractivity contribution is 6.06. The van der Waals surface area contributed by atoms with Crippen molar-refractivity contribution in [1.29, 1.82) is 5.26 Å². The monoisotopic (exact) mass is 299 g/mol. The second-order valence-electron chi connectivity index (χ2n) is 4.29. The third kappa shape index (κ3) is 4.15. The van der Waals surface area contributed by atoms with E-state index in [0.717, 1.165) is 0 Å². The molecule has 0 aliphatic carbocycles. The van der Waals surface area contributed by atoms with Crippen molar-refractivity contribution in [2.75, 3.05) is 10.6 Å². The molecule has 0 aliphatic rings. The number of benzene rings is 2. The lowest BCUT2D eigenvalue weighted by Crippen LogP contribution is -2.14. The normalized spacial score (nSPS) is 10.7. The number of nitrogens with zero attached hydrogens (tertiary/aromatic N) is 1. The van der Waals surface area contributed by atoms with Crippen LogP contribution in [0.4, 0.5) is 20.2 Å². The number of carbonyl (C=O) groups is 1. The van der Waals surface area contributed by atoms with Gasteiger partial charge < -0.3 is 10.6 Å². The quantitative estimate of drug-likeness (QED) is 0.671. The molecule has 2 N–H and O–H groups in total. The molecule has 22 heavy (non-hydrogen) atoms. The summed E-state index contributed by atoms with van der Waals surface area (Å²) >= 11 is 0. The lowest BCUT2D eigenvalue weighted by molar-refractivity contribution is -0.112. The lowest BCUT2D eigenvalue weighted by atomic mass is 10.2. The third-order valence-electron chi connectivity index (χ3n) is 2.67. The Kier molecular flexibility index (Phi) is 4.83. The van der Waals surface area contributed by atoms with E-state index in [1.165, 1.54) is 48.7 Å². The van der Waals surface area contributed by atoms with Crippen LogP contribution in [-0.4, -0.2) is 5.91 Å².